The van der Waals surface area contributed by atoms with Gasteiger partial charge in [-0.2, -0.15) is 0 Å². The molecule has 0 aliphatic rings. The number of nitrogens with one attached hydrogen (secondary N) is 1. The third-order valence-corrected chi connectivity index (χ3v) is 4.26. The molecule has 3 heterocycles. The highest BCUT2D eigenvalue weighted by Gasteiger charge is 2.13. The van der Waals surface area contributed by atoms with Crippen molar-refractivity contribution in [1.29, 1.82) is 0 Å². The van der Waals surface area contributed by atoms with E-state index in [0.717, 1.165) is 17.3 Å². The molecule has 0 aliphatic heterocycles. The van der Waals surface area contributed by atoms with Crippen LogP contribution < -0.4 is 10.1 Å². The number of nitrogens with zero attached hydrogens (tertiary/aromatic N) is 5. The summed E-state index contributed by atoms with van der Waals surface area (Å²) in [6, 6.07) is 8.61. The van der Waals surface area contributed by atoms with Crippen molar-refractivity contribution in [2.45, 2.75) is 13.5 Å². The van der Waals surface area contributed by atoms with E-state index in [1.165, 1.54) is 13.2 Å². The van der Waals surface area contributed by atoms with Crippen molar-refractivity contribution in [3.8, 4) is 11.4 Å². The van der Waals surface area contributed by atoms with Gasteiger partial charge in [0.15, 0.2) is 5.65 Å². The van der Waals surface area contributed by atoms with Gasteiger partial charge in [-0.15, -0.1) is 10.2 Å². The zero-order valence-electron chi connectivity index (χ0n) is 14.3. The molecule has 0 spiro atoms. The predicted molar refractivity (Wildman–Crippen MR) is 95.1 cm³/mol. The van der Waals surface area contributed by atoms with Crippen LogP contribution in [-0.2, 0) is 6.54 Å². The lowest BCUT2D eigenvalue weighted by Crippen LogP contribution is -2.08. The van der Waals surface area contributed by atoms with Gasteiger partial charge >= 0.3 is 0 Å². The minimum atomic E-state index is -0.317. The normalized spacial score (nSPS) is 11.0. The Morgan fingerprint density at radius 3 is 2.88 bits per heavy atom. The number of aryl methyl sites for hydroxylation is 1. The van der Waals surface area contributed by atoms with Gasteiger partial charge in [0.05, 0.1) is 12.8 Å². The van der Waals surface area contributed by atoms with Gasteiger partial charge in [-0.1, -0.05) is 6.07 Å². The molecule has 0 atom stereocenters. The number of imidazole rings is 1. The topological polar surface area (TPSA) is 69.3 Å². The molecule has 3 aromatic heterocycles. The molecule has 132 valence electrons. The summed E-state index contributed by atoms with van der Waals surface area (Å²) >= 11 is 0. The van der Waals surface area contributed by atoms with Gasteiger partial charge in [0, 0.05) is 24.5 Å². The Morgan fingerprint density at radius 1 is 1.23 bits per heavy atom. The zero-order valence-corrected chi connectivity index (χ0v) is 14.3. The van der Waals surface area contributed by atoms with Crippen LogP contribution >= 0.6 is 0 Å². The van der Waals surface area contributed by atoms with Crippen LogP contribution in [0, 0.1) is 12.7 Å². The Labute approximate surface area is 149 Å². The van der Waals surface area contributed by atoms with Crippen LogP contribution in [0.5, 0.6) is 5.75 Å². The molecule has 0 aliphatic carbocycles. The fourth-order valence-electron chi connectivity index (χ4n) is 2.94. The number of benzene rings is 1. The number of halogens is 1. The SMILES string of the molecule is COc1cccc(F)c1CNc1ccc(-n2ccnc2C)c2nncn12. The van der Waals surface area contributed by atoms with Crippen molar-refractivity contribution in [1.82, 2.24) is 24.1 Å². The van der Waals surface area contributed by atoms with Gasteiger partial charge in [0.1, 0.15) is 29.5 Å². The lowest BCUT2D eigenvalue weighted by atomic mass is 10.2. The zero-order chi connectivity index (χ0) is 18.1. The Hall–Kier alpha value is -3.42. The van der Waals surface area contributed by atoms with Crippen molar-refractivity contribution < 1.29 is 9.13 Å². The second-order valence-corrected chi connectivity index (χ2v) is 5.75. The van der Waals surface area contributed by atoms with Crippen LogP contribution in [-0.4, -0.2) is 31.3 Å². The van der Waals surface area contributed by atoms with Crippen molar-refractivity contribution in [3.05, 3.63) is 66.3 Å². The average molecular weight is 352 g/mol. The van der Waals surface area contributed by atoms with Crippen molar-refractivity contribution in [2.24, 2.45) is 0 Å². The molecule has 8 heteroatoms. The molecule has 0 bridgehead atoms. The van der Waals surface area contributed by atoms with Crippen LogP contribution in [0.2, 0.25) is 0 Å². The van der Waals surface area contributed by atoms with Gasteiger partial charge < -0.3 is 14.6 Å². The molecule has 1 aromatic carbocycles. The molecular weight excluding hydrogens is 335 g/mol. The summed E-state index contributed by atoms with van der Waals surface area (Å²) in [5, 5.41) is 11.4. The fourth-order valence-corrected chi connectivity index (χ4v) is 2.94. The highest BCUT2D eigenvalue weighted by molar-refractivity contribution is 5.64. The van der Waals surface area contributed by atoms with E-state index < -0.39 is 0 Å². The Morgan fingerprint density at radius 2 is 2.12 bits per heavy atom. The summed E-state index contributed by atoms with van der Waals surface area (Å²) in [6.07, 6.45) is 5.22. The summed E-state index contributed by atoms with van der Waals surface area (Å²) < 4.78 is 23.1. The molecule has 4 rings (SSSR count). The molecule has 0 saturated carbocycles. The number of pyridine rings is 1. The van der Waals surface area contributed by atoms with E-state index in [4.69, 9.17) is 4.74 Å². The smallest absolute Gasteiger partial charge is 0.186 e. The molecule has 7 nitrogen and oxygen atoms in total. The molecule has 1 N–H and O–H groups in total. The van der Waals surface area contributed by atoms with Crippen LogP contribution in [0.3, 0.4) is 0 Å². The van der Waals surface area contributed by atoms with E-state index in [0.29, 0.717) is 17.0 Å². The van der Waals surface area contributed by atoms with Crippen molar-refractivity contribution >= 4 is 11.5 Å². The standard InChI is InChI=1S/C18H17FN6O/c1-12-20-8-9-24(12)15-6-7-17(25-11-22-23-18(15)25)21-10-13-14(19)4-3-5-16(13)26-2/h3-9,11,21H,10H2,1-2H3. The summed E-state index contributed by atoms with van der Waals surface area (Å²) in [5.74, 6) is 1.79. The summed E-state index contributed by atoms with van der Waals surface area (Å²) in [5.41, 5.74) is 2.01. The molecule has 4 aromatic rings. The van der Waals surface area contributed by atoms with E-state index in [2.05, 4.69) is 20.5 Å². The lowest BCUT2D eigenvalue weighted by Gasteiger charge is -2.14. The van der Waals surface area contributed by atoms with Gasteiger partial charge in [-0.25, -0.2) is 9.37 Å². The number of hydrogen-bond acceptors (Lipinski definition) is 5. The average Bonchev–Trinajstić information content (AvgIpc) is 3.29. The number of ether oxygens (including phenoxy) is 1. The second kappa shape index (κ2) is 6.47. The van der Waals surface area contributed by atoms with Gasteiger partial charge in [0.25, 0.3) is 0 Å². The Kier molecular flexibility index (Phi) is 4.00. The Bertz CT molecular complexity index is 1070. The number of methoxy groups -OCH3 is 1. The summed E-state index contributed by atoms with van der Waals surface area (Å²) in [6.45, 7) is 2.19. The third kappa shape index (κ3) is 2.65. The molecule has 0 unspecified atom stereocenters. The van der Waals surface area contributed by atoms with Crippen LogP contribution in [0.15, 0.2) is 49.1 Å². The molecule has 0 fully saturated rings. The lowest BCUT2D eigenvalue weighted by molar-refractivity contribution is 0.405. The number of fused-ring (bicyclic) bond motifs is 1. The number of hydrogen-bond donors (Lipinski definition) is 1. The summed E-state index contributed by atoms with van der Waals surface area (Å²) in [4.78, 5) is 4.25. The molecule has 0 radical (unpaired) electrons. The van der Waals surface area contributed by atoms with E-state index in [9.17, 15) is 4.39 Å². The van der Waals surface area contributed by atoms with Gasteiger partial charge in [-0.3, -0.25) is 4.40 Å². The van der Waals surface area contributed by atoms with Crippen molar-refractivity contribution in [2.75, 3.05) is 12.4 Å². The number of anilines is 1. The predicted octanol–water partition coefficient (Wildman–Crippen LogP) is 2.98. The maximum absolute atomic E-state index is 14.1. The first-order valence-corrected chi connectivity index (χ1v) is 8.07. The summed E-state index contributed by atoms with van der Waals surface area (Å²) in [7, 11) is 1.53. The first kappa shape index (κ1) is 16.1. The van der Waals surface area contributed by atoms with Crippen LogP contribution in [0.1, 0.15) is 11.4 Å². The second-order valence-electron chi connectivity index (χ2n) is 5.75. The first-order valence-electron chi connectivity index (χ1n) is 8.07. The Balaban J connectivity index is 1.69. The van der Waals surface area contributed by atoms with E-state index >= 15 is 0 Å². The fraction of sp³-hybridized carbons (Fsp3) is 0.167. The minimum Gasteiger partial charge on any atom is -0.496 e. The minimum absolute atomic E-state index is 0.270. The molecule has 0 saturated heterocycles. The maximum atomic E-state index is 14.1. The largest absolute Gasteiger partial charge is 0.496 e. The van der Waals surface area contributed by atoms with Crippen molar-refractivity contribution in [3.63, 3.8) is 0 Å². The first-order chi connectivity index (χ1) is 12.7. The van der Waals surface area contributed by atoms with E-state index in [1.807, 2.05) is 34.2 Å². The van der Waals surface area contributed by atoms with Gasteiger partial charge in [0.2, 0.25) is 0 Å². The van der Waals surface area contributed by atoms with E-state index in [-0.39, 0.29) is 12.4 Å². The molecule has 26 heavy (non-hydrogen) atoms. The number of aromatic nitrogens is 5. The molecular formula is C18H17FN6O. The third-order valence-electron chi connectivity index (χ3n) is 4.26. The highest BCUT2D eigenvalue weighted by atomic mass is 19.1. The number of rotatable bonds is 5. The van der Waals surface area contributed by atoms with E-state index in [1.54, 1.807) is 24.7 Å². The maximum Gasteiger partial charge on any atom is 0.186 e. The van der Waals surface area contributed by atoms with Crippen LogP contribution in [0.25, 0.3) is 11.3 Å². The monoisotopic (exact) mass is 352 g/mol. The van der Waals surface area contributed by atoms with Crippen LogP contribution in [0.4, 0.5) is 10.2 Å². The quantitative estimate of drug-likeness (QED) is 0.598. The highest BCUT2D eigenvalue weighted by Crippen LogP contribution is 2.24. The van der Waals surface area contributed by atoms with Gasteiger partial charge in [-0.05, 0) is 31.2 Å². The molecule has 0 amide bonds.